The number of aliphatic hydroxyl groups excluding tert-OH is 1. The molecule has 0 amide bonds. The van der Waals surface area contributed by atoms with Crippen LogP contribution in [0.1, 0.15) is 32.6 Å². The van der Waals surface area contributed by atoms with Crippen molar-refractivity contribution >= 4 is 0 Å². The topological polar surface area (TPSA) is 23.5 Å². The number of likely N-dealkylation sites (N-methyl/N-ethyl adjacent to an activating group) is 1. The van der Waals surface area contributed by atoms with Crippen molar-refractivity contribution in [2.45, 2.75) is 38.6 Å². The molecule has 0 aromatic carbocycles. The van der Waals surface area contributed by atoms with Gasteiger partial charge >= 0.3 is 0 Å². The highest BCUT2D eigenvalue weighted by Crippen LogP contribution is 2.25. The number of hydrogen-bond acceptors (Lipinski definition) is 2. The monoisotopic (exact) mass is 171 g/mol. The van der Waals surface area contributed by atoms with E-state index in [1.807, 2.05) is 0 Å². The molecule has 1 aliphatic rings. The summed E-state index contributed by atoms with van der Waals surface area (Å²) in [6.45, 7) is 3.46. The van der Waals surface area contributed by atoms with E-state index in [1.165, 1.54) is 25.7 Å². The second-order valence-corrected chi connectivity index (χ2v) is 4.12. The first-order valence-electron chi connectivity index (χ1n) is 5.05. The van der Waals surface area contributed by atoms with Crippen LogP contribution in [0.3, 0.4) is 0 Å². The predicted octanol–water partition coefficient (Wildman–Crippen LogP) is 1.49. The van der Waals surface area contributed by atoms with E-state index in [2.05, 4.69) is 18.9 Å². The maximum Gasteiger partial charge on any atom is 0.0558 e. The largest absolute Gasteiger partial charge is 0.395 e. The Morgan fingerprint density at radius 1 is 1.25 bits per heavy atom. The molecule has 12 heavy (non-hydrogen) atoms. The molecule has 2 nitrogen and oxygen atoms in total. The Hall–Kier alpha value is -0.0800. The van der Waals surface area contributed by atoms with Crippen LogP contribution in [0.25, 0.3) is 0 Å². The van der Waals surface area contributed by atoms with Gasteiger partial charge < -0.3 is 10.0 Å². The summed E-state index contributed by atoms with van der Waals surface area (Å²) in [7, 11) is 2.12. The van der Waals surface area contributed by atoms with Gasteiger partial charge in [-0.05, 0) is 38.6 Å². The van der Waals surface area contributed by atoms with Gasteiger partial charge in [0.05, 0.1) is 6.61 Å². The third-order valence-electron chi connectivity index (χ3n) is 3.06. The Kier molecular flexibility index (Phi) is 4.02. The van der Waals surface area contributed by atoms with Gasteiger partial charge in [-0.3, -0.25) is 0 Å². The van der Waals surface area contributed by atoms with Crippen LogP contribution in [0.5, 0.6) is 0 Å². The molecule has 0 aromatic rings. The van der Waals surface area contributed by atoms with Crippen LogP contribution in [0, 0.1) is 5.92 Å². The summed E-state index contributed by atoms with van der Waals surface area (Å²) in [5.41, 5.74) is 0. The van der Waals surface area contributed by atoms with Crippen molar-refractivity contribution in [2.75, 3.05) is 20.2 Å². The second kappa shape index (κ2) is 4.83. The fourth-order valence-corrected chi connectivity index (χ4v) is 2.02. The standard InChI is InChI=1S/C10H21NO/c1-9-3-5-10(6-4-9)11(2)7-8-12/h9-10,12H,3-8H2,1-2H3. The van der Waals surface area contributed by atoms with Crippen molar-refractivity contribution in [2.24, 2.45) is 5.92 Å². The van der Waals surface area contributed by atoms with Crippen molar-refractivity contribution in [3.05, 3.63) is 0 Å². The highest BCUT2D eigenvalue weighted by Gasteiger charge is 2.20. The molecular formula is C10H21NO. The van der Waals surface area contributed by atoms with E-state index in [0.717, 1.165) is 18.5 Å². The van der Waals surface area contributed by atoms with Gasteiger partial charge in [-0.25, -0.2) is 0 Å². The van der Waals surface area contributed by atoms with E-state index in [9.17, 15) is 0 Å². The summed E-state index contributed by atoms with van der Waals surface area (Å²) >= 11 is 0. The lowest BCUT2D eigenvalue weighted by Crippen LogP contribution is -2.36. The fraction of sp³-hybridized carbons (Fsp3) is 1.00. The second-order valence-electron chi connectivity index (χ2n) is 4.12. The fourth-order valence-electron chi connectivity index (χ4n) is 2.02. The molecule has 1 fully saturated rings. The summed E-state index contributed by atoms with van der Waals surface area (Å²) in [5.74, 6) is 0.920. The molecule has 0 unspecified atom stereocenters. The van der Waals surface area contributed by atoms with E-state index in [0.29, 0.717) is 6.61 Å². The lowest BCUT2D eigenvalue weighted by Gasteiger charge is -2.33. The smallest absolute Gasteiger partial charge is 0.0558 e. The Morgan fingerprint density at radius 2 is 1.83 bits per heavy atom. The van der Waals surface area contributed by atoms with Gasteiger partial charge in [0.2, 0.25) is 0 Å². The minimum Gasteiger partial charge on any atom is -0.395 e. The van der Waals surface area contributed by atoms with Crippen LogP contribution in [0.4, 0.5) is 0 Å². The maximum absolute atomic E-state index is 8.78. The van der Waals surface area contributed by atoms with Crippen LogP contribution < -0.4 is 0 Å². The molecule has 0 spiro atoms. The van der Waals surface area contributed by atoms with Crippen LogP contribution in [-0.2, 0) is 0 Å². The first-order valence-corrected chi connectivity index (χ1v) is 5.05. The minimum absolute atomic E-state index is 0.294. The summed E-state index contributed by atoms with van der Waals surface area (Å²) in [5, 5.41) is 8.78. The number of hydrogen-bond donors (Lipinski definition) is 1. The Balaban J connectivity index is 2.24. The SMILES string of the molecule is CC1CCC(N(C)CCO)CC1. The van der Waals surface area contributed by atoms with E-state index >= 15 is 0 Å². The molecule has 0 heterocycles. The molecule has 2 heteroatoms. The van der Waals surface area contributed by atoms with E-state index in [-0.39, 0.29) is 0 Å². The third-order valence-corrected chi connectivity index (χ3v) is 3.06. The Morgan fingerprint density at radius 3 is 2.33 bits per heavy atom. The summed E-state index contributed by atoms with van der Waals surface area (Å²) < 4.78 is 0. The van der Waals surface area contributed by atoms with Gasteiger partial charge in [0.25, 0.3) is 0 Å². The molecule has 1 aliphatic carbocycles. The number of rotatable bonds is 3. The molecule has 1 saturated carbocycles. The zero-order valence-electron chi connectivity index (χ0n) is 8.29. The molecular weight excluding hydrogens is 150 g/mol. The summed E-state index contributed by atoms with van der Waals surface area (Å²) in [6.07, 6.45) is 5.36. The van der Waals surface area contributed by atoms with E-state index < -0.39 is 0 Å². The maximum atomic E-state index is 8.78. The number of nitrogens with zero attached hydrogens (tertiary/aromatic N) is 1. The lowest BCUT2D eigenvalue weighted by molar-refractivity contribution is 0.139. The van der Waals surface area contributed by atoms with Crippen LogP contribution in [-0.4, -0.2) is 36.2 Å². The van der Waals surface area contributed by atoms with Gasteiger partial charge in [-0.2, -0.15) is 0 Å². The normalized spacial score (nSPS) is 31.0. The molecule has 1 N–H and O–H groups in total. The average Bonchev–Trinajstić information content (AvgIpc) is 2.06. The Labute approximate surface area is 75.6 Å². The van der Waals surface area contributed by atoms with Gasteiger partial charge in [0, 0.05) is 12.6 Å². The van der Waals surface area contributed by atoms with E-state index in [4.69, 9.17) is 5.11 Å². The predicted molar refractivity (Wildman–Crippen MR) is 51.1 cm³/mol. The van der Waals surface area contributed by atoms with Crippen LogP contribution in [0.15, 0.2) is 0 Å². The van der Waals surface area contributed by atoms with Gasteiger partial charge in [-0.1, -0.05) is 6.92 Å². The highest BCUT2D eigenvalue weighted by molar-refractivity contribution is 4.76. The summed E-state index contributed by atoms with van der Waals surface area (Å²) in [6, 6.07) is 0.730. The molecule has 1 rings (SSSR count). The third kappa shape index (κ3) is 2.76. The van der Waals surface area contributed by atoms with Gasteiger partial charge in [0.15, 0.2) is 0 Å². The highest BCUT2D eigenvalue weighted by atomic mass is 16.3. The number of aliphatic hydroxyl groups is 1. The molecule has 0 saturated heterocycles. The van der Waals surface area contributed by atoms with Crippen molar-refractivity contribution in [3.8, 4) is 0 Å². The molecule has 0 atom stereocenters. The molecule has 0 aromatic heterocycles. The van der Waals surface area contributed by atoms with Gasteiger partial charge in [-0.15, -0.1) is 0 Å². The van der Waals surface area contributed by atoms with Crippen molar-refractivity contribution in [1.29, 1.82) is 0 Å². The Bertz CT molecular complexity index is 119. The first-order chi connectivity index (χ1) is 5.74. The molecule has 72 valence electrons. The lowest BCUT2D eigenvalue weighted by atomic mass is 9.87. The summed E-state index contributed by atoms with van der Waals surface area (Å²) in [4.78, 5) is 2.30. The van der Waals surface area contributed by atoms with Crippen molar-refractivity contribution in [1.82, 2.24) is 4.90 Å². The van der Waals surface area contributed by atoms with Crippen molar-refractivity contribution in [3.63, 3.8) is 0 Å². The molecule has 0 bridgehead atoms. The van der Waals surface area contributed by atoms with Crippen molar-refractivity contribution < 1.29 is 5.11 Å². The van der Waals surface area contributed by atoms with Crippen LogP contribution in [0.2, 0.25) is 0 Å². The van der Waals surface area contributed by atoms with Gasteiger partial charge in [0.1, 0.15) is 0 Å². The minimum atomic E-state index is 0.294. The quantitative estimate of drug-likeness (QED) is 0.695. The zero-order chi connectivity index (χ0) is 8.97. The first kappa shape index (κ1) is 10.0. The molecule has 0 radical (unpaired) electrons. The van der Waals surface area contributed by atoms with Crippen LogP contribution >= 0.6 is 0 Å². The average molecular weight is 171 g/mol. The molecule has 0 aliphatic heterocycles. The zero-order valence-corrected chi connectivity index (χ0v) is 8.29. The van der Waals surface area contributed by atoms with E-state index in [1.54, 1.807) is 0 Å².